The second-order valence-corrected chi connectivity index (χ2v) is 13.3. The van der Waals surface area contributed by atoms with Crippen LogP contribution in [0.1, 0.15) is 39.1 Å². The van der Waals surface area contributed by atoms with Gasteiger partial charge in [-0.25, -0.2) is 8.42 Å². The molecular formula is C26H27N5O4S3. The number of thiophene rings is 1. The zero-order valence-electron chi connectivity index (χ0n) is 21.3. The first-order valence-corrected chi connectivity index (χ1v) is 15.0. The summed E-state index contributed by atoms with van der Waals surface area (Å²) in [5.74, 6) is -1.09. The van der Waals surface area contributed by atoms with E-state index in [-0.39, 0.29) is 22.4 Å². The molecule has 0 aliphatic carbocycles. The molecule has 0 bridgehead atoms. The van der Waals surface area contributed by atoms with Gasteiger partial charge in [-0.1, -0.05) is 47.7 Å². The second kappa shape index (κ2) is 11.1. The van der Waals surface area contributed by atoms with Gasteiger partial charge >= 0.3 is 0 Å². The molecule has 38 heavy (non-hydrogen) atoms. The lowest BCUT2D eigenvalue weighted by Gasteiger charge is -2.14. The Morgan fingerprint density at radius 3 is 2.34 bits per heavy atom. The molecule has 12 heteroatoms. The van der Waals surface area contributed by atoms with Crippen molar-refractivity contribution in [1.29, 1.82) is 0 Å². The first-order valence-electron chi connectivity index (χ1n) is 11.6. The first kappa shape index (κ1) is 27.6. The molecule has 2 heterocycles. The van der Waals surface area contributed by atoms with E-state index in [0.717, 1.165) is 27.8 Å². The number of hydrogen-bond donors (Lipinski definition) is 2. The number of nitrogens with two attached hydrogens (primary N) is 1. The Bertz CT molecular complexity index is 1590. The molecule has 198 valence electrons. The summed E-state index contributed by atoms with van der Waals surface area (Å²) in [7, 11) is -3.70. The second-order valence-electron chi connectivity index (χ2n) is 8.74. The fourth-order valence-electron chi connectivity index (χ4n) is 3.74. The summed E-state index contributed by atoms with van der Waals surface area (Å²) < 4.78 is 28.0. The summed E-state index contributed by atoms with van der Waals surface area (Å²) >= 11 is 2.42. The Morgan fingerprint density at radius 2 is 1.71 bits per heavy atom. The fraction of sp³-hybridized carbons (Fsp3) is 0.231. The van der Waals surface area contributed by atoms with Gasteiger partial charge in [0.05, 0.1) is 15.7 Å². The van der Waals surface area contributed by atoms with Crippen LogP contribution in [0.15, 0.2) is 64.6 Å². The van der Waals surface area contributed by atoms with E-state index >= 15 is 0 Å². The molecule has 0 aliphatic heterocycles. The maximum absolute atomic E-state index is 13.2. The van der Waals surface area contributed by atoms with E-state index in [1.807, 2.05) is 44.2 Å². The smallest absolute Gasteiger partial charge is 0.251 e. The van der Waals surface area contributed by atoms with Crippen LogP contribution in [-0.4, -0.2) is 40.2 Å². The van der Waals surface area contributed by atoms with Gasteiger partial charge < -0.3 is 11.1 Å². The molecule has 4 rings (SSSR count). The van der Waals surface area contributed by atoms with E-state index in [1.165, 1.54) is 11.3 Å². The van der Waals surface area contributed by atoms with Crippen molar-refractivity contribution in [1.82, 2.24) is 14.8 Å². The summed E-state index contributed by atoms with van der Waals surface area (Å²) in [6.45, 7) is 7.23. The highest BCUT2D eigenvalue weighted by molar-refractivity contribution is 8.00. The van der Waals surface area contributed by atoms with E-state index < -0.39 is 21.0 Å². The van der Waals surface area contributed by atoms with E-state index in [1.54, 1.807) is 42.7 Å². The normalized spacial score (nSPS) is 12.3. The molecule has 3 N–H and O–H groups in total. The van der Waals surface area contributed by atoms with Crippen LogP contribution in [0.2, 0.25) is 0 Å². The minimum Gasteiger partial charge on any atom is -0.365 e. The van der Waals surface area contributed by atoms with Gasteiger partial charge in [0.2, 0.25) is 5.91 Å². The standard InChI is InChI=1S/C26H27N5O4S3/c1-15-10-12-20(13-11-15)38(34,35)14-21-29-30-26(31(21)19-8-6-5-7-9-19)37-18(4)24(33)28-25-22(23(27)32)16(2)17(3)36-25/h5-13,18H,14H2,1-4H3,(H2,27,32)(H,28,33). The van der Waals surface area contributed by atoms with Crippen molar-refractivity contribution in [3.05, 3.63) is 82.0 Å². The number of aromatic nitrogens is 3. The SMILES string of the molecule is Cc1ccc(S(=O)(=O)Cc2nnc(SC(C)C(=O)Nc3sc(C)c(C)c3C(N)=O)n2-c2ccccc2)cc1. The van der Waals surface area contributed by atoms with Crippen LogP contribution in [0, 0.1) is 20.8 Å². The Labute approximate surface area is 229 Å². The van der Waals surface area contributed by atoms with Crippen molar-refractivity contribution in [2.45, 2.75) is 48.7 Å². The van der Waals surface area contributed by atoms with Crippen LogP contribution in [0.5, 0.6) is 0 Å². The molecule has 2 amide bonds. The highest BCUT2D eigenvalue weighted by Crippen LogP contribution is 2.33. The van der Waals surface area contributed by atoms with Crippen LogP contribution in [0.25, 0.3) is 5.69 Å². The largest absolute Gasteiger partial charge is 0.365 e. The molecule has 4 aromatic rings. The number of sulfone groups is 1. The van der Waals surface area contributed by atoms with Crippen LogP contribution < -0.4 is 11.1 Å². The number of rotatable bonds is 9. The molecule has 1 unspecified atom stereocenters. The molecule has 9 nitrogen and oxygen atoms in total. The third kappa shape index (κ3) is 5.82. The number of para-hydroxylation sites is 1. The number of nitrogens with one attached hydrogen (secondary N) is 1. The number of thioether (sulfide) groups is 1. The van der Waals surface area contributed by atoms with Gasteiger partial charge in [0.25, 0.3) is 5.91 Å². The summed E-state index contributed by atoms with van der Waals surface area (Å²) in [5, 5.41) is 11.4. The van der Waals surface area contributed by atoms with Crippen molar-refractivity contribution in [2.75, 3.05) is 5.32 Å². The van der Waals surface area contributed by atoms with Gasteiger partial charge in [-0.05, 0) is 57.5 Å². The summed E-state index contributed by atoms with van der Waals surface area (Å²) in [5.41, 5.74) is 8.19. The maximum atomic E-state index is 13.2. The molecule has 0 saturated carbocycles. The minimum atomic E-state index is -3.70. The number of aryl methyl sites for hydroxylation is 2. The van der Waals surface area contributed by atoms with Gasteiger partial charge in [-0.15, -0.1) is 21.5 Å². The average Bonchev–Trinajstić information content (AvgIpc) is 3.38. The number of nitrogens with zero attached hydrogens (tertiary/aromatic N) is 3. The lowest BCUT2D eigenvalue weighted by molar-refractivity contribution is -0.115. The number of hydrogen-bond acceptors (Lipinski definition) is 8. The number of anilines is 1. The molecule has 0 spiro atoms. The quantitative estimate of drug-likeness (QED) is 0.284. The number of amides is 2. The van der Waals surface area contributed by atoms with Gasteiger partial charge in [-0.3, -0.25) is 14.2 Å². The molecule has 0 radical (unpaired) electrons. The van der Waals surface area contributed by atoms with Gasteiger partial charge in [-0.2, -0.15) is 0 Å². The van der Waals surface area contributed by atoms with Crippen LogP contribution >= 0.6 is 23.1 Å². The third-order valence-corrected chi connectivity index (χ3v) is 9.73. The summed E-state index contributed by atoms with van der Waals surface area (Å²) in [6.07, 6.45) is 0. The van der Waals surface area contributed by atoms with E-state index in [0.29, 0.717) is 21.4 Å². The van der Waals surface area contributed by atoms with Gasteiger partial charge in [0.1, 0.15) is 10.8 Å². The molecular weight excluding hydrogens is 543 g/mol. The van der Waals surface area contributed by atoms with Gasteiger partial charge in [0, 0.05) is 10.6 Å². The fourth-order valence-corrected chi connectivity index (χ4v) is 6.94. The number of benzene rings is 2. The average molecular weight is 570 g/mol. The van der Waals surface area contributed by atoms with Crippen molar-refractivity contribution in [2.24, 2.45) is 5.73 Å². The van der Waals surface area contributed by atoms with Crippen molar-refractivity contribution < 1.29 is 18.0 Å². The van der Waals surface area contributed by atoms with E-state index in [2.05, 4.69) is 15.5 Å². The highest BCUT2D eigenvalue weighted by Gasteiger charge is 2.26. The first-order chi connectivity index (χ1) is 18.0. The predicted molar refractivity (Wildman–Crippen MR) is 150 cm³/mol. The number of carbonyl (C=O) groups is 2. The Morgan fingerprint density at radius 1 is 1.05 bits per heavy atom. The third-order valence-electron chi connectivity index (χ3n) is 5.93. The molecule has 0 saturated heterocycles. The Kier molecular flexibility index (Phi) is 8.05. The van der Waals surface area contributed by atoms with Crippen molar-refractivity contribution in [3.8, 4) is 5.69 Å². The molecule has 2 aromatic carbocycles. The predicted octanol–water partition coefficient (Wildman–Crippen LogP) is 4.45. The Hall–Kier alpha value is -3.48. The summed E-state index contributed by atoms with van der Waals surface area (Å²) in [6, 6.07) is 15.8. The highest BCUT2D eigenvalue weighted by atomic mass is 32.2. The van der Waals surface area contributed by atoms with E-state index in [9.17, 15) is 18.0 Å². The monoisotopic (exact) mass is 569 g/mol. The molecule has 0 fully saturated rings. The lowest BCUT2D eigenvalue weighted by atomic mass is 10.1. The molecule has 2 aromatic heterocycles. The Balaban J connectivity index is 1.62. The van der Waals surface area contributed by atoms with Crippen molar-refractivity contribution >= 4 is 49.8 Å². The molecule has 0 aliphatic rings. The number of carbonyl (C=O) groups excluding carboxylic acids is 2. The molecule has 1 atom stereocenters. The van der Waals surface area contributed by atoms with Crippen LogP contribution in [0.3, 0.4) is 0 Å². The van der Waals surface area contributed by atoms with Gasteiger partial charge in [0.15, 0.2) is 20.8 Å². The zero-order chi connectivity index (χ0) is 27.6. The lowest BCUT2D eigenvalue weighted by Crippen LogP contribution is -2.24. The van der Waals surface area contributed by atoms with Crippen molar-refractivity contribution in [3.63, 3.8) is 0 Å². The zero-order valence-corrected chi connectivity index (χ0v) is 23.7. The summed E-state index contributed by atoms with van der Waals surface area (Å²) in [4.78, 5) is 26.1. The topological polar surface area (TPSA) is 137 Å². The van der Waals surface area contributed by atoms with Crippen LogP contribution in [-0.2, 0) is 20.4 Å². The van der Waals surface area contributed by atoms with E-state index in [4.69, 9.17) is 5.73 Å². The van der Waals surface area contributed by atoms with Crippen LogP contribution in [0.4, 0.5) is 5.00 Å². The minimum absolute atomic E-state index is 0.194. The number of primary amides is 1. The maximum Gasteiger partial charge on any atom is 0.251 e.